The maximum Gasteiger partial charge on any atom is 0.179 e. The van der Waals surface area contributed by atoms with Gasteiger partial charge in [-0.2, -0.15) is 0 Å². The molecule has 0 aromatic heterocycles. The van der Waals surface area contributed by atoms with Crippen LogP contribution < -0.4 is 15.2 Å². The van der Waals surface area contributed by atoms with Crippen molar-refractivity contribution in [3.8, 4) is 11.5 Å². The lowest BCUT2D eigenvalue weighted by Crippen LogP contribution is -2.25. The summed E-state index contributed by atoms with van der Waals surface area (Å²) in [5.74, 6) is 1.90. The minimum Gasteiger partial charge on any atom is -0.486 e. The van der Waals surface area contributed by atoms with E-state index in [1.165, 1.54) is 5.56 Å². The van der Waals surface area contributed by atoms with E-state index in [1.807, 2.05) is 6.07 Å². The third kappa shape index (κ3) is 2.29. The fourth-order valence-electron chi connectivity index (χ4n) is 3.10. The first-order chi connectivity index (χ1) is 9.20. The molecule has 2 aliphatic heterocycles. The molecule has 1 aromatic carbocycles. The maximum absolute atomic E-state index is 6.31. The second kappa shape index (κ2) is 5.19. The molecule has 5 heteroatoms. The van der Waals surface area contributed by atoms with Gasteiger partial charge in [-0.05, 0) is 50.2 Å². The van der Waals surface area contributed by atoms with Crippen LogP contribution in [-0.2, 0) is 0 Å². The van der Waals surface area contributed by atoms with Crippen LogP contribution in [0.4, 0.5) is 0 Å². The van der Waals surface area contributed by atoms with E-state index in [1.54, 1.807) is 0 Å². The summed E-state index contributed by atoms with van der Waals surface area (Å²) in [7, 11) is 2.13. The Morgan fingerprint density at radius 2 is 2.16 bits per heavy atom. The highest BCUT2D eigenvalue weighted by molar-refractivity contribution is 6.32. The lowest BCUT2D eigenvalue weighted by atomic mass is 9.93. The zero-order valence-corrected chi connectivity index (χ0v) is 11.8. The number of ether oxygens (including phenoxy) is 2. The molecule has 0 aliphatic carbocycles. The third-order valence-electron chi connectivity index (χ3n) is 4.04. The molecule has 2 aliphatic rings. The number of hydrogen-bond acceptors (Lipinski definition) is 4. The normalized spacial score (nSPS) is 26.7. The van der Waals surface area contributed by atoms with Crippen LogP contribution in [0.3, 0.4) is 0 Å². The molecule has 0 bridgehead atoms. The number of likely N-dealkylation sites (tertiary alicyclic amines) is 1. The number of hydrogen-bond donors (Lipinski definition) is 1. The Morgan fingerprint density at radius 1 is 1.37 bits per heavy atom. The van der Waals surface area contributed by atoms with E-state index in [4.69, 9.17) is 26.8 Å². The van der Waals surface area contributed by atoms with Gasteiger partial charge in [-0.25, -0.2) is 0 Å². The molecule has 3 rings (SSSR count). The molecule has 1 aromatic rings. The average molecular weight is 283 g/mol. The molecule has 0 spiro atoms. The molecule has 104 valence electrons. The molecule has 2 atom stereocenters. The number of fused-ring (bicyclic) bond motifs is 1. The zero-order chi connectivity index (χ0) is 13.4. The first-order valence-electron chi connectivity index (χ1n) is 6.70. The maximum atomic E-state index is 6.31. The van der Waals surface area contributed by atoms with Gasteiger partial charge in [-0.3, -0.25) is 4.90 Å². The summed E-state index contributed by atoms with van der Waals surface area (Å²) in [4.78, 5) is 2.33. The summed E-state index contributed by atoms with van der Waals surface area (Å²) in [5, 5.41) is 0.628. The predicted octanol–water partition coefficient (Wildman–Crippen LogP) is 2.06. The van der Waals surface area contributed by atoms with E-state index < -0.39 is 0 Å². The summed E-state index contributed by atoms with van der Waals surface area (Å²) < 4.78 is 11.2. The average Bonchev–Trinajstić information content (AvgIpc) is 2.80. The van der Waals surface area contributed by atoms with Crippen molar-refractivity contribution in [2.75, 3.05) is 33.4 Å². The topological polar surface area (TPSA) is 47.7 Å². The van der Waals surface area contributed by atoms with E-state index in [2.05, 4.69) is 18.0 Å². The highest BCUT2D eigenvalue weighted by atomic mass is 35.5. The minimum absolute atomic E-state index is 0.318. The van der Waals surface area contributed by atoms with Crippen molar-refractivity contribution in [2.24, 2.45) is 11.7 Å². The van der Waals surface area contributed by atoms with E-state index in [0.29, 0.717) is 42.5 Å². The molecule has 0 saturated carbocycles. The Bertz CT molecular complexity index is 481. The van der Waals surface area contributed by atoms with Crippen LogP contribution in [0.5, 0.6) is 11.5 Å². The number of nitrogens with zero attached hydrogens (tertiary/aromatic N) is 1. The Hall–Kier alpha value is -0.970. The summed E-state index contributed by atoms with van der Waals surface area (Å²) in [6.45, 7) is 2.90. The van der Waals surface area contributed by atoms with Gasteiger partial charge in [-0.1, -0.05) is 11.6 Å². The van der Waals surface area contributed by atoms with Crippen LogP contribution in [0.25, 0.3) is 0 Å². The molecule has 4 nitrogen and oxygen atoms in total. The predicted molar refractivity (Wildman–Crippen MR) is 75.0 cm³/mol. The van der Waals surface area contributed by atoms with Gasteiger partial charge in [-0.15, -0.1) is 0 Å². The molecule has 0 amide bonds. The molecule has 0 radical (unpaired) electrons. The van der Waals surface area contributed by atoms with Crippen molar-refractivity contribution >= 4 is 11.6 Å². The van der Waals surface area contributed by atoms with Gasteiger partial charge in [0.25, 0.3) is 0 Å². The van der Waals surface area contributed by atoms with Crippen LogP contribution in [-0.4, -0.2) is 38.3 Å². The Morgan fingerprint density at radius 3 is 2.95 bits per heavy atom. The summed E-state index contributed by atoms with van der Waals surface area (Å²) >= 11 is 6.31. The highest BCUT2D eigenvalue weighted by Crippen LogP contribution is 2.43. The Labute approximate surface area is 118 Å². The molecule has 19 heavy (non-hydrogen) atoms. The molecular formula is C14H19ClN2O2. The highest BCUT2D eigenvalue weighted by Gasteiger charge is 2.33. The van der Waals surface area contributed by atoms with Crippen LogP contribution >= 0.6 is 11.6 Å². The van der Waals surface area contributed by atoms with Crippen LogP contribution in [0, 0.1) is 5.92 Å². The summed E-state index contributed by atoms with van der Waals surface area (Å²) in [5.41, 5.74) is 7.06. The quantitative estimate of drug-likeness (QED) is 0.902. The van der Waals surface area contributed by atoms with Gasteiger partial charge < -0.3 is 15.2 Å². The fourth-order valence-corrected chi connectivity index (χ4v) is 3.37. The Kier molecular flexibility index (Phi) is 3.56. The van der Waals surface area contributed by atoms with Gasteiger partial charge in [0.15, 0.2) is 11.5 Å². The fraction of sp³-hybridized carbons (Fsp3) is 0.571. The molecule has 1 saturated heterocycles. The molecular weight excluding hydrogens is 264 g/mol. The second-order valence-electron chi connectivity index (χ2n) is 5.24. The van der Waals surface area contributed by atoms with Gasteiger partial charge in [0.1, 0.15) is 13.2 Å². The summed E-state index contributed by atoms with van der Waals surface area (Å²) in [6, 6.07) is 4.36. The van der Waals surface area contributed by atoms with Crippen molar-refractivity contribution in [3.63, 3.8) is 0 Å². The molecule has 2 N–H and O–H groups in total. The van der Waals surface area contributed by atoms with Crippen molar-refractivity contribution in [1.29, 1.82) is 0 Å². The largest absolute Gasteiger partial charge is 0.486 e. The number of rotatable bonds is 2. The van der Waals surface area contributed by atoms with Gasteiger partial charge in [0, 0.05) is 6.04 Å². The smallest absolute Gasteiger partial charge is 0.179 e. The van der Waals surface area contributed by atoms with Crippen LogP contribution in [0.2, 0.25) is 5.02 Å². The van der Waals surface area contributed by atoms with E-state index in [0.717, 1.165) is 18.7 Å². The SMILES string of the molecule is CN1CCC(CN)C1c1cc(Cl)c2c(c1)OCCO2. The molecule has 1 fully saturated rings. The minimum atomic E-state index is 0.318. The van der Waals surface area contributed by atoms with Crippen LogP contribution in [0.1, 0.15) is 18.0 Å². The molecule has 2 unspecified atom stereocenters. The lowest BCUT2D eigenvalue weighted by molar-refractivity contribution is 0.171. The second-order valence-corrected chi connectivity index (χ2v) is 5.64. The van der Waals surface area contributed by atoms with Crippen molar-refractivity contribution < 1.29 is 9.47 Å². The van der Waals surface area contributed by atoms with E-state index in [-0.39, 0.29) is 0 Å². The van der Waals surface area contributed by atoms with Crippen molar-refractivity contribution in [3.05, 3.63) is 22.7 Å². The standard InChI is InChI=1S/C14H19ClN2O2/c1-17-3-2-9(8-16)13(17)10-6-11(15)14-12(7-10)18-4-5-19-14/h6-7,9,13H,2-5,8,16H2,1H3. The van der Waals surface area contributed by atoms with Gasteiger partial charge >= 0.3 is 0 Å². The van der Waals surface area contributed by atoms with E-state index in [9.17, 15) is 0 Å². The number of halogens is 1. The van der Waals surface area contributed by atoms with Gasteiger partial charge in [0.05, 0.1) is 5.02 Å². The zero-order valence-electron chi connectivity index (χ0n) is 11.1. The monoisotopic (exact) mass is 282 g/mol. The first kappa shape index (κ1) is 13.0. The number of nitrogens with two attached hydrogens (primary N) is 1. The third-order valence-corrected chi connectivity index (χ3v) is 4.32. The number of benzene rings is 1. The van der Waals surface area contributed by atoms with E-state index >= 15 is 0 Å². The Balaban J connectivity index is 1.98. The van der Waals surface area contributed by atoms with Crippen LogP contribution in [0.15, 0.2) is 12.1 Å². The summed E-state index contributed by atoms with van der Waals surface area (Å²) in [6.07, 6.45) is 1.13. The lowest BCUT2D eigenvalue weighted by Gasteiger charge is -2.27. The first-order valence-corrected chi connectivity index (χ1v) is 7.08. The van der Waals surface area contributed by atoms with Gasteiger partial charge in [0.2, 0.25) is 0 Å². The van der Waals surface area contributed by atoms with Crippen molar-refractivity contribution in [2.45, 2.75) is 12.5 Å². The van der Waals surface area contributed by atoms with Crippen molar-refractivity contribution in [1.82, 2.24) is 4.90 Å². The molecule has 2 heterocycles.